The van der Waals surface area contributed by atoms with Crippen molar-refractivity contribution in [2.45, 2.75) is 32.0 Å². The molecular formula is C14H17BrN2O3. The quantitative estimate of drug-likeness (QED) is 0.322. The first-order valence-corrected chi connectivity index (χ1v) is 7.39. The number of benzene rings is 1. The summed E-state index contributed by atoms with van der Waals surface area (Å²) >= 11 is 3.30. The van der Waals surface area contributed by atoms with Crippen LogP contribution in [0.25, 0.3) is 0 Å². The highest BCUT2D eigenvalue weighted by Gasteiger charge is 2.16. The predicted molar refractivity (Wildman–Crippen MR) is 79.9 cm³/mol. The predicted octanol–water partition coefficient (Wildman–Crippen LogP) is 4.20. The van der Waals surface area contributed by atoms with Crippen molar-refractivity contribution in [3.05, 3.63) is 33.9 Å². The SMILES string of the molecule is CC(C)(C#N)CCCOc1ccc([N+](=O)[O-])cc1CBr. The minimum atomic E-state index is -0.425. The van der Waals surface area contributed by atoms with Crippen LogP contribution in [0.3, 0.4) is 0 Å². The molecule has 0 N–H and O–H groups in total. The Kier molecular flexibility index (Phi) is 5.96. The molecule has 108 valence electrons. The van der Waals surface area contributed by atoms with E-state index in [0.717, 1.165) is 18.4 Å². The van der Waals surface area contributed by atoms with Gasteiger partial charge in [0.25, 0.3) is 5.69 Å². The zero-order valence-electron chi connectivity index (χ0n) is 11.6. The maximum Gasteiger partial charge on any atom is 0.270 e. The molecule has 1 aromatic rings. The molecule has 1 rings (SSSR count). The molecule has 1 aromatic carbocycles. The Morgan fingerprint density at radius 2 is 2.20 bits per heavy atom. The molecule has 0 unspecified atom stereocenters. The summed E-state index contributed by atoms with van der Waals surface area (Å²) in [4.78, 5) is 10.3. The second-order valence-electron chi connectivity index (χ2n) is 5.13. The molecule has 0 aromatic heterocycles. The Bertz CT molecular complexity index is 524. The molecule has 0 bridgehead atoms. The largest absolute Gasteiger partial charge is 0.493 e. The van der Waals surface area contributed by atoms with E-state index in [0.29, 0.717) is 17.7 Å². The zero-order valence-corrected chi connectivity index (χ0v) is 13.1. The monoisotopic (exact) mass is 340 g/mol. The number of hydrogen-bond donors (Lipinski definition) is 0. The summed E-state index contributed by atoms with van der Waals surface area (Å²) in [7, 11) is 0. The normalized spacial score (nSPS) is 10.9. The van der Waals surface area contributed by atoms with E-state index in [1.54, 1.807) is 6.07 Å². The van der Waals surface area contributed by atoms with Gasteiger partial charge in [-0.1, -0.05) is 15.9 Å². The summed E-state index contributed by atoms with van der Waals surface area (Å²) < 4.78 is 5.64. The standard InChI is InChI=1S/C14H17BrN2O3/c1-14(2,10-16)6-3-7-20-13-5-4-12(17(18)19)8-11(13)9-15/h4-5,8H,3,6-7,9H2,1-2H3. The molecule has 0 atom stereocenters. The molecule has 5 nitrogen and oxygen atoms in total. The second kappa shape index (κ2) is 7.25. The molecule has 0 spiro atoms. The number of nitriles is 1. The molecule has 0 radical (unpaired) electrons. The lowest BCUT2D eigenvalue weighted by Gasteiger charge is -2.15. The number of halogens is 1. The van der Waals surface area contributed by atoms with Gasteiger partial charge in [0.1, 0.15) is 5.75 Å². The summed E-state index contributed by atoms with van der Waals surface area (Å²) in [6.07, 6.45) is 1.51. The number of hydrogen-bond acceptors (Lipinski definition) is 4. The summed E-state index contributed by atoms with van der Waals surface area (Å²) in [6, 6.07) is 6.79. The van der Waals surface area contributed by atoms with Crippen LogP contribution in [0.5, 0.6) is 5.75 Å². The van der Waals surface area contributed by atoms with Crippen molar-refractivity contribution in [2.24, 2.45) is 5.41 Å². The third-order valence-electron chi connectivity index (χ3n) is 2.91. The van der Waals surface area contributed by atoms with Gasteiger partial charge < -0.3 is 4.74 Å². The number of alkyl halides is 1. The van der Waals surface area contributed by atoms with Crippen LogP contribution >= 0.6 is 15.9 Å². The number of non-ortho nitro benzene ring substituents is 1. The van der Waals surface area contributed by atoms with Crippen molar-refractivity contribution in [1.82, 2.24) is 0 Å². The van der Waals surface area contributed by atoms with Crippen LogP contribution < -0.4 is 4.74 Å². The van der Waals surface area contributed by atoms with Crippen LogP contribution in [0, 0.1) is 26.9 Å². The maximum absolute atomic E-state index is 10.7. The van der Waals surface area contributed by atoms with Crippen LogP contribution in [0.4, 0.5) is 5.69 Å². The van der Waals surface area contributed by atoms with Crippen LogP contribution in [0.1, 0.15) is 32.3 Å². The lowest BCUT2D eigenvalue weighted by Crippen LogP contribution is -2.10. The van der Waals surface area contributed by atoms with Crippen molar-refractivity contribution in [3.8, 4) is 11.8 Å². The third-order valence-corrected chi connectivity index (χ3v) is 3.51. The molecule has 0 aliphatic heterocycles. The van der Waals surface area contributed by atoms with Gasteiger partial charge in [0.2, 0.25) is 0 Å². The topological polar surface area (TPSA) is 76.2 Å². The highest BCUT2D eigenvalue weighted by Crippen LogP contribution is 2.27. The minimum absolute atomic E-state index is 0.0532. The molecule has 0 saturated heterocycles. The highest BCUT2D eigenvalue weighted by molar-refractivity contribution is 9.08. The molecule has 0 amide bonds. The third kappa shape index (κ3) is 4.82. The molecule has 20 heavy (non-hydrogen) atoms. The Hall–Kier alpha value is -1.61. The summed E-state index contributed by atoms with van der Waals surface area (Å²) in [5, 5.41) is 20.1. The highest BCUT2D eigenvalue weighted by atomic mass is 79.9. The Morgan fingerprint density at radius 3 is 2.75 bits per heavy atom. The van der Waals surface area contributed by atoms with E-state index in [1.807, 2.05) is 13.8 Å². The van der Waals surface area contributed by atoms with Gasteiger partial charge >= 0.3 is 0 Å². The van der Waals surface area contributed by atoms with E-state index >= 15 is 0 Å². The van der Waals surface area contributed by atoms with Crippen molar-refractivity contribution >= 4 is 21.6 Å². The minimum Gasteiger partial charge on any atom is -0.493 e. The van der Waals surface area contributed by atoms with Crippen molar-refractivity contribution in [2.75, 3.05) is 6.61 Å². The summed E-state index contributed by atoms with van der Waals surface area (Å²) in [5.74, 6) is 0.641. The van der Waals surface area contributed by atoms with Crippen molar-refractivity contribution in [1.29, 1.82) is 5.26 Å². The van der Waals surface area contributed by atoms with Gasteiger partial charge in [-0.3, -0.25) is 10.1 Å². The number of nitrogens with zero attached hydrogens (tertiary/aromatic N) is 2. The van der Waals surface area contributed by atoms with Crippen molar-refractivity contribution in [3.63, 3.8) is 0 Å². The van der Waals surface area contributed by atoms with Gasteiger partial charge in [0.15, 0.2) is 0 Å². The molecule has 0 heterocycles. The number of nitro groups is 1. The zero-order chi connectivity index (χ0) is 15.2. The van der Waals surface area contributed by atoms with Crippen LogP contribution in [-0.2, 0) is 5.33 Å². The smallest absolute Gasteiger partial charge is 0.270 e. The van der Waals surface area contributed by atoms with Gasteiger partial charge in [-0.25, -0.2) is 0 Å². The molecule has 6 heteroatoms. The van der Waals surface area contributed by atoms with Crippen LogP contribution in [0.15, 0.2) is 18.2 Å². The van der Waals surface area contributed by atoms with E-state index in [4.69, 9.17) is 10.00 Å². The number of ether oxygens (including phenoxy) is 1. The Balaban J connectivity index is 2.61. The first-order valence-electron chi connectivity index (χ1n) is 6.27. The van der Waals surface area contributed by atoms with Gasteiger partial charge in [-0.2, -0.15) is 5.26 Å². The number of rotatable bonds is 7. The molecule has 0 aliphatic rings. The fraction of sp³-hybridized carbons (Fsp3) is 0.500. The van der Waals surface area contributed by atoms with Gasteiger partial charge in [0.05, 0.1) is 23.0 Å². The van der Waals surface area contributed by atoms with E-state index < -0.39 is 4.92 Å². The summed E-state index contributed by atoms with van der Waals surface area (Å²) in [6.45, 7) is 4.27. The molecule has 0 saturated carbocycles. The second-order valence-corrected chi connectivity index (χ2v) is 5.69. The van der Waals surface area contributed by atoms with E-state index in [-0.39, 0.29) is 11.1 Å². The fourth-order valence-corrected chi connectivity index (χ4v) is 2.11. The first-order chi connectivity index (χ1) is 9.39. The van der Waals surface area contributed by atoms with Gasteiger partial charge in [-0.05, 0) is 32.8 Å². The molecular weight excluding hydrogens is 324 g/mol. The first kappa shape index (κ1) is 16.4. The van der Waals surface area contributed by atoms with E-state index in [2.05, 4.69) is 22.0 Å². The maximum atomic E-state index is 10.7. The molecule has 0 fully saturated rings. The average molecular weight is 341 g/mol. The van der Waals surface area contributed by atoms with Crippen molar-refractivity contribution < 1.29 is 9.66 Å². The summed E-state index contributed by atoms with van der Waals surface area (Å²) in [5.41, 5.74) is 0.452. The number of nitro benzene ring substituents is 1. The lowest BCUT2D eigenvalue weighted by molar-refractivity contribution is -0.384. The van der Waals surface area contributed by atoms with E-state index in [9.17, 15) is 10.1 Å². The fourth-order valence-electron chi connectivity index (χ4n) is 1.68. The lowest BCUT2D eigenvalue weighted by atomic mass is 9.90. The van der Waals surface area contributed by atoms with Gasteiger partial charge in [0, 0.05) is 23.0 Å². The van der Waals surface area contributed by atoms with Crippen LogP contribution in [-0.4, -0.2) is 11.5 Å². The average Bonchev–Trinajstić information content (AvgIpc) is 2.43. The van der Waals surface area contributed by atoms with Gasteiger partial charge in [-0.15, -0.1) is 0 Å². The Morgan fingerprint density at radius 1 is 1.50 bits per heavy atom. The Labute approximate surface area is 126 Å². The molecule has 0 aliphatic carbocycles. The van der Waals surface area contributed by atoms with Crippen LogP contribution in [0.2, 0.25) is 0 Å². The van der Waals surface area contributed by atoms with E-state index in [1.165, 1.54) is 12.1 Å².